The number of thioether (sulfide) groups is 1. The van der Waals surface area contributed by atoms with E-state index in [0.29, 0.717) is 18.1 Å². The van der Waals surface area contributed by atoms with Crippen LogP contribution in [0.15, 0.2) is 0 Å². The number of aliphatic carboxylic acids is 1. The third-order valence-electron chi connectivity index (χ3n) is 4.48. The summed E-state index contributed by atoms with van der Waals surface area (Å²) in [5, 5.41) is 15.6. The minimum atomic E-state index is -0.707. The molecule has 5 nitrogen and oxygen atoms in total. The van der Waals surface area contributed by atoms with Gasteiger partial charge in [-0.05, 0) is 44.8 Å². The van der Waals surface area contributed by atoms with E-state index in [1.165, 1.54) is 12.8 Å². The van der Waals surface area contributed by atoms with E-state index in [1.54, 1.807) is 0 Å². The smallest absolute Gasteiger partial charge is 0.315 e. The van der Waals surface area contributed by atoms with Crippen molar-refractivity contribution in [3.05, 3.63) is 0 Å². The highest BCUT2D eigenvalue weighted by Crippen LogP contribution is 2.28. The van der Waals surface area contributed by atoms with Crippen LogP contribution in [0.1, 0.15) is 44.9 Å². The Morgan fingerprint density at radius 2 is 1.75 bits per heavy atom. The minimum Gasteiger partial charge on any atom is -0.481 e. The van der Waals surface area contributed by atoms with Crippen LogP contribution in [0.2, 0.25) is 0 Å². The number of nitrogens with one attached hydrogen (secondary N) is 2. The largest absolute Gasteiger partial charge is 0.481 e. The van der Waals surface area contributed by atoms with Gasteiger partial charge in [0.1, 0.15) is 0 Å². The van der Waals surface area contributed by atoms with E-state index < -0.39 is 5.97 Å². The number of hydrogen-bond donors (Lipinski definition) is 3. The summed E-state index contributed by atoms with van der Waals surface area (Å²) in [6.45, 7) is 0. The van der Waals surface area contributed by atoms with Gasteiger partial charge in [-0.25, -0.2) is 4.79 Å². The molecule has 20 heavy (non-hydrogen) atoms. The fourth-order valence-electron chi connectivity index (χ4n) is 3.25. The summed E-state index contributed by atoms with van der Waals surface area (Å²) in [7, 11) is 0. The Hall–Kier alpha value is -0.910. The molecule has 0 aliphatic heterocycles. The first-order chi connectivity index (χ1) is 9.60. The number of carbonyl (C=O) groups excluding carboxylic acids is 1. The molecule has 3 N–H and O–H groups in total. The Labute approximate surface area is 124 Å². The van der Waals surface area contributed by atoms with Crippen molar-refractivity contribution in [1.82, 2.24) is 10.6 Å². The molecule has 0 saturated heterocycles. The highest BCUT2D eigenvalue weighted by atomic mass is 32.2. The van der Waals surface area contributed by atoms with Gasteiger partial charge < -0.3 is 15.7 Å². The molecule has 0 aromatic rings. The van der Waals surface area contributed by atoms with Crippen molar-refractivity contribution in [3.63, 3.8) is 0 Å². The summed E-state index contributed by atoms with van der Waals surface area (Å²) in [4.78, 5) is 22.9. The number of hydrogen-bond acceptors (Lipinski definition) is 3. The topological polar surface area (TPSA) is 78.4 Å². The van der Waals surface area contributed by atoms with Gasteiger partial charge >= 0.3 is 12.0 Å². The second-order valence-electron chi connectivity index (χ2n) is 5.82. The average Bonchev–Trinajstić information content (AvgIpc) is 2.86. The first-order valence-electron chi connectivity index (χ1n) is 7.42. The Morgan fingerprint density at radius 3 is 2.35 bits per heavy atom. The van der Waals surface area contributed by atoms with E-state index >= 15 is 0 Å². The van der Waals surface area contributed by atoms with Crippen LogP contribution in [0.3, 0.4) is 0 Å². The third kappa shape index (κ3) is 4.04. The summed E-state index contributed by atoms with van der Waals surface area (Å²) in [5.41, 5.74) is 0. The molecule has 114 valence electrons. The van der Waals surface area contributed by atoms with Gasteiger partial charge in [0.05, 0.1) is 5.92 Å². The number of rotatable bonds is 4. The minimum absolute atomic E-state index is 0.0882. The molecule has 0 heterocycles. The van der Waals surface area contributed by atoms with Crippen LogP contribution < -0.4 is 10.6 Å². The molecule has 2 unspecified atom stereocenters. The van der Waals surface area contributed by atoms with E-state index in [2.05, 4.69) is 16.9 Å². The molecule has 0 spiro atoms. The number of carboxylic acid groups (broad SMARTS) is 1. The van der Waals surface area contributed by atoms with Crippen molar-refractivity contribution in [3.8, 4) is 0 Å². The summed E-state index contributed by atoms with van der Waals surface area (Å²) in [6.07, 6.45) is 8.37. The molecule has 2 saturated carbocycles. The van der Waals surface area contributed by atoms with Crippen LogP contribution in [0.4, 0.5) is 4.79 Å². The maximum atomic E-state index is 12.0. The van der Waals surface area contributed by atoms with Crippen LogP contribution in [-0.2, 0) is 4.79 Å². The standard InChI is InChI=1S/C14H24N2O3S/c1-20-12-4-2-3-11(12)16-14(19)15-10-7-5-9(6-8-10)13(17)18/h9-12H,2-8H2,1H3,(H,17,18)(H2,15,16,19). The SMILES string of the molecule is CSC1CCCC1NC(=O)NC1CCC(C(=O)O)CC1. The van der Waals surface area contributed by atoms with E-state index in [0.717, 1.165) is 19.3 Å². The maximum absolute atomic E-state index is 12.0. The monoisotopic (exact) mass is 300 g/mol. The predicted molar refractivity (Wildman–Crippen MR) is 80.0 cm³/mol. The van der Waals surface area contributed by atoms with Crippen molar-refractivity contribution < 1.29 is 14.7 Å². The quantitative estimate of drug-likeness (QED) is 0.744. The summed E-state index contributed by atoms with van der Waals surface area (Å²) in [5.74, 6) is -0.937. The van der Waals surface area contributed by atoms with Crippen LogP contribution >= 0.6 is 11.8 Å². The number of carbonyl (C=O) groups is 2. The molecule has 0 bridgehead atoms. The Bertz CT molecular complexity index is 356. The van der Waals surface area contributed by atoms with Crippen molar-refractivity contribution in [2.45, 2.75) is 62.3 Å². The van der Waals surface area contributed by atoms with Gasteiger partial charge in [-0.2, -0.15) is 11.8 Å². The van der Waals surface area contributed by atoms with E-state index in [9.17, 15) is 9.59 Å². The zero-order valence-corrected chi connectivity index (χ0v) is 12.7. The summed E-state index contributed by atoms with van der Waals surface area (Å²) < 4.78 is 0. The molecule has 2 fully saturated rings. The van der Waals surface area contributed by atoms with Gasteiger partial charge in [0.15, 0.2) is 0 Å². The van der Waals surface area contributed by atoms with Crippen LogP contribution in [0, 0.1) is 5.92 Å². The normalized spacial score (nSPS) is 33.6. The first-order valence-corrected chi connectivity index (χ1v) is 8.71. The number of carboxylic acids is 1. The van der Waals surface area contributed by atoms with Crippen LogP contribution in [0.5, 0.6) is 0 Å². The van der Waals surface area contributed by atoms with Gasteiger partial charge in [0.25, 0.3) is 0 Å². The highest BCUT2D eigenvalue weighted by Gasteiger charge is 2.30. The Kier molecular flexibility index (Phi) is 5.57. The molecule has 2 aliphatic carbocycles. The van der Waals surface area contributed by atoms with E-state index in [4.69, 9.17) is 5.11 Å². The van der Waals surface area contributed by atoms with Crippen LogP contribution in [0.25, 0.3) is 0 Å². The second kappa shape index (κ2) is 7.20. The molecular formula is C14H24N2O3S. The molecule has 2 rings (SSSR count). The molecule has 6 heteroatoms. The number of urea groups is 1. The molecule has 2 amide bonds. The molecule has 0 aromatic heterocycles. The molecule has 0 radical (unpaired) electrons. The van der Waals surface area contributed by atoms with Crippen molar-refractivity contribution >= 4 is 23.8 Å². The average molecular weight is 300 g/mol. The van der Waals surface area contributed by atoms with Crippen molar-refractivity contribution in [2.24, 2.45) is 5.92 Å². The van der Waals surface area contributed by atoms with Gasteiger partial charge in [-0.3, -0.25) is 4.79 Å². The van der Waals surface area contributed by atoms with E-state index in [1.807, 2.05) is 11.8 Å². The van der Waals surface area contributed by atoms with Crippen molar-refractivity contribution in [1.29, 1.82) is 0 Å². The van der Waals surface area contributed by atoms with Crippen LogP contribution in [-0.4, -0.2) is 40.7 Å². The van der Waals surface area contributed by atoms with E-state index in [-0.39, 0.29) is 24.0 Å². The fraction of sp³-hybridized carbons (Fsp3) is 0.857. The molecule has 2 atom stereocenters. The molecular weight excluding hydrogens is 276 g/mol. The lowest BCUT2D eigenvalue weighted by molar-refractivity contribution is -0.142. The van der Waals surface area contributed by atoms with Gasteiger partial charge in [0.2, 0.25) is 0 Å². The second-order valence-corrected chi connectivity index (χ2v) is 6.89. The molecule has 2 aliphatic rings. The highest BCUT2D eigenvalue weighted by molar-refractivity contribution is 7.99. The van der Waals surface area contributed by atoms with Crippen molar-refractivity contribution in [2.75, 3.05) is 6.26 Å². The van der Waals surface area contributed by atoms with Gasteiger partial charge in [-0.15, -0.1) is 0 Å². The lowest BCUT2D eigenvalue weighted by Gasteiger charge is -2.28. The summed E-state index contributed by atoms with van der Waals surface area (Å²) >= 11 is 1.82. The lowest BCUT2D eigenvalue weighted by atomic mass is 9.86. The first kappa shape index (κ1) is 15.5. The predicted octanol–water partition coefficient (Wildman–Crippen LogP) is 2.21. The lowest BCUT2D eigenvalue weighted by Crippen LogP contribution is -2.49. The summed E-state index contributed by atoms with van der Waals surface area (Å²) in [6, 6.07) is 0.315. The maximum Gasteiger partial charge on any atom is 0.315 e. The van der Waals surface area contributed by atoms with Gasteiger partial charge in [-0.1, -0.05) is 6.42 Å². The zero-order chi connectivity index (χ0) is 14.5. The third-order valence-corrected chi connectivity index (χ3v) is 5.65. The van der Waals surface area contributed by atoms with Gasteiger partial charge in [0, 0.05) is 17.3 Å². The Balaban J connectivity index is 1.71. The Morgan fingerprint density at radius 1 is 1.05 bits per heavy atom. The molecule has 0 aromatic carbocycles. The zero-order valence-electron chi connectivity index (χ0n) is 11.9. The fourth-order valence-corrected chi connectivity index (χ4v) is 4.19. The number of amides is 2.